The summed E-state index contributed by atoms with van der Waals surface area (Å²) in [4.78, 5) is 27.2. The first kappa shape index (κ1) is 16.8. The summed E-state index contributed by atoms with van der Waals surface area (Å²) < 4.78 is 4.86. The summed E-state index contributed by atoms with van der Waals surface area (Å²) in [5.41, 5.74) is 2.77. The molecule has 0 aliphatic rings. The first-order valence-electron chi connectivity index (χ1n) is 8.31. The van der Waals surface area contributed by atoms with Crippen LogP contribution in [0.4, 0.5) is 0 Å². The van der Waals surface area contributed by atoms with Gasteiger partial charge in [0.1, 0.15) is 12.3 Å². The van der Waals surface area contributed by atoms with Crippen LogP contribution >= 0.6 is 0 Å². The van der Waals surface area contributed by atoms with Crippen molar-refractivity contribution in [1.82, 2.24) is 15.6 Å². The number of carbonyl (C=O) groups is 2. The van der Waals surface area contributed by atoms with Gasteiger partial charge in [0, 0.05) is 23.6 Å². The van der Waals surface area contributed by atoms with Crippen LogP contribution in [0.15, 0.2) is 53.5 Å². The molecule has 1 atom stereocenters. The molecular weight excluding hydrogens is 318 g/mol. The van der Waals surface area contributed by atoms with Gasteiger partial charge in [-0.1, -0.05) is 18.2 Å². The van der Waals surface area contributed by atoms with E-state index in [9.17, 15) is 9.59 Å². The number of hydrogen-bond donors (Lipinski definition) is 3. The molecule has 3 rings (SSSR count). The number of para-hydroxylation sites is 1. The minimum Gasteiger partial charge on any atom is -0.472 e. The number of furan rings is 1. The highest BCUT2D eigenvalue weighted by Crippen LogP contribution is 2.18. The van der Waals surface area contributed by atoms with E-state index >= 15 is 0 Å². The van der Waals surface area contributed by atoms with Crippen LogP contribution < -0.4 is 10.6 Å². The maximum Gasteiger partial charge on any atom is 0.255 e. The van der Waals surface area contributed by atoms with E-state index < -0.39 is 6.04 Å². The van der Waals surface area contributed by atoms with E-state index in [0.29, 0.717) is 12.1 Å². The lowest BCUT2D eigenvalue weighted by atomic mass is 10.1. The molecule has 1 aromatic carbocycles. The van der Waals surface area contributed by atoms with Crippen LogP contribution in [0.1, 0.15) is 29.3 Å². The van der Waals surface area contributed by atoms with Gasteiger partial charge in [0.2, 0.25) is 5.91 Å². The molecule has 0 aliphatic heterocycles. The van der Waals surface area contributed by atoms with Crippen molar-refractivity contribution < 1.29 is 14.0 Å². The number of nitrogens with one attached hydrogen (secondary N) is 3. The third kappa shape index (κ3) is 4.09. The molecule has 0 aliphatic carbocycles. The van der Waals surface area contributed by atoms with Gasteiger partial charge in [0.15, 0.2) is 0 Å². The third-order valence-electron chi connectivity index (χ3n) is 4.12. The zero-order valence-corrected chi connectivity index (χ0v) is 14.0. The van der Waals surface area contributed by atoms with Crippen molar-refractivity contribution in [3.8, 4) is 0 Å². The predicted octanol–water partition coefficient (Wildman–Crippen LogP) is 2.63. The number of amides is 2. The van der Waals surface area contributed by atoms with Gasteiger partial charge in [-0.3, -0.25) is 9.59 Å². The van der Waals surface area contributed by atoms with E-state index in [0.717, 1.165) is 18.4 Å². The molecule has 6 nitrogen and oxygen atoms in total. The molecule has 0 saturated carbocycles. The molecule has 3 aromatic rings. The Morgan fingerprint density at radius 3 is 2.88 bits per heavy atom. The zero-order chi connectivity index (χ0) is 17.6. The Balaban J connectivity index is 1.42. The molecule has 2 heterocycles. The molecule has 0 fully saturated rings. The fraction of sp³-hybridized carbons (Fsp3) is 0.263. The standard InChI is InChI=1S/C19H21N3O3/c1-13(22-19(24)15-8-10-25-12-15)18(23)20-9-4-5-14-11-21-17-7-3-2-6-16(14)17/h2-3,6-8,10-13,21H,4-5,9H2,1H3,(H,20,23)(H,22,24)/t13-/m1/s1. The fourth-order valence-electron chi connectivity index (χ4n) is 2.72. The molecule has 0 radical (unpaired) electrons. The van der Waals surface area contributed by atoms with Gasteiger partial charge >= 0.3 is 0 Å². The molecule has 2 amide bonds. The quantitative estimate of drug-likeness (QED) is 0.578. The Morgan fingerprint density at radius 1 is 1.24 bits per heavy atom. The second-order valence-corrected chi connectivity index (χ2v) is 5.96. The summed E-state index contributed by atoms with van der Waals surface area (Å²) in [6.07, 6.45) is 6.49. The first-order chi connectivity index (χ1) is 12.1. The molecule has 3 N–H and O–H groups in total. The lowest BCUT2D eigenvalue weighted by Gasteiger charge is -2.13. The lowest BCUT2D eigenvalue weighted by Crippen LogP contribution is -2.45. The van der Waals surface area contributed by atoms with Gasteiger partial charge in [-0.05, 0) is 37.5 Å². The second-order valence-electron chi connectivity index (χ2n) is 5.96. The number of carbonyl (C=O) groups excluding carboxylic acids is 2. The number of aryl methyl sites for hydroxylation is 1. The highest BCUT2D eigenvalue weighted by atomic mass is 16.3. The number of hydrogen-bond acceptors (Lipinski definition) is 3. The topological polar surface area (TPSA) is 87.1 Å². The van der Waals surface area contributed by atoms with Crippen LogP contribution in [-0.4, -0.2) is 29.4 Å². The monoisotopic (exact) mass is 339 g/mol. The first-order valence-corrected chi connectivity index (χ1v) is 8.31. The molecule has 130 valence electrons. The predicted molar refractivity (Wildman–Crippen MR) is 95.3 cm³/mol. The Labute approximate surface area is 145 Å². The van der Waals surface area contributed by atoms with Crippen molar-refractivity contribution in [1.29, 1.82) is 0 Å². The van der Waals surface area contributed by atoms with Gasteiger partial charge in [-0.2, -0.15) is 0 Å². The van der Waals surface area contributed by atoms with Crippen LogP contribution in [0.25, 0.3) is 10.9 Å². The lowest BCUT2D eigenvalue weighted by molar-refractivity contribution is -0.122. The Hall–Kier alpha value is -3.02. The normalized spacial score (nSPS) is 12.0. The van der Waals surface area contributed by atoms with Gasteiger partial charge < -0.3 is 20.0 Å². The summed E-state index contributed by atoms with van der Waals surface area (Å²) >= 11 is 0. The number of aromatic amines is 1. The molecule has 2 aromatic heterocycles. The molecule has 0 bridgehead atoms. The highest BCUT2D eigenvalue weighted by Gasteiger charge is 2.16. The summed E-state index contributed by atoms with van der Waals surface area (Å²) in [6.45, 7) is 2.22. The van der Waals surface area contributed by atoms with Gasteiger partial charge in [0.25, 0.3) is 5.91 Å². The summed E-state index contributed by atoms with van der Waals surface area (Å²) in [6, 6.07) is 9.11. The van der Waals surface area contributed by atoms with E-state index in [1.807, 2.05) is 24.4 Å². The summed E-state index contributed by atoms with van der Waals surface area (Å²) in [7, 11) is 0. The Kier molecular flexibility index (Phi) is 5.18. The third-order valence-corrected chi connectivity index (χ3v) is 4.12. The molecule has 0 unspecified atom stereocenters. The molecular formula is C19H21N3O3. The van der Waals surface area contributed by atoms with Crippen molar-refractivity contribution >= 4 is 22.7 Å². The Bertz CT molecular complexity index is 852. The van der Waals surface area contributed by atoms with Crippen LogP contribution in [0.3, 0.4) is 0 Å². The summed E-state index contributed by atoms with van der Waals surface area (Å²) in [5.74, 6) is -0.522. The van der Waals surface area contributed by atoms with E-state index in [1.165, 1.54) is 23.5 Å². The molecule has 25 heavy (non-hydrogen) atoms. The van der Waals surface area contributed by atoms with E-state index in [1.54, 1.807) is 13.0 Å². The van der Waals surface area contributed by atoms with Gasteiger partial charge in [0.05, 0.1) is 11.8 Å². The van der Waals surface area contributed by atoms with E-state index in [-0.39, 0.29) is 11.8 Å². The minimum atomic E-state index is -0.601. The smallest absolute Gasteiger partial charge is 0.255 e. The van der Waals surface area contributed by atoms with Crippen LogP contribution in [0.2, 0.25) is 0 Å². The van der Waals surface area contributed by atoms with E-state index in [2.05, 4.69) is 21.7 Å². The van der Waals surface area contributed by atoms with E-state index in [4.69, 9.17) is 4.42 Å². The SMILES string of the molecule is C[C@@H](NC(=O)c1ccoc1)C(=O)NCCCc1c[nH]c2ccccc12. The number of rotatable bonds is 7. The van der Waals surface area contributed by atoms with Crippen molar-refractivity contribution in [3.05, 3.63) is 60.2 Å². The summed E-state index contributed by atoms with van der Waals surface area (Å²) in [5, 5.41) is 6.72. The average Bonchev–Trinajstić information content (AvgIpc) is 3.28. The Morgan fingerprint density at radius 2 is 2.08 bits per heavy atom. The molecule has 6 heteroatoms. The van der Waals surface area contributed by atoms with Crippen LogP contribution in [0, 0.1) is 0 Å². The van der Waals surface area contributed by atoms with Crippen molar-refractivity contribution in [2.24, 2.45) is 0 Å². The maximum absolute atomic E-state index is 12.1. The van der Waals surface area contributed by atoms with Crippen LogP contribution in [0.5, 0.6) is 0 Å². The number of aromatic nitrogens is 1. The van der Waals surface area contributed by atoms with Crippen LogP contribution in [-0.2, 0) is 11.2 Å². The largest absolute Gasteiger partial charge is 0.472 e. The number of H-pyrrole nitrogens is 1. The maximum atomic E-state index is 12.1. The van der Waals surface area contributed by atoms with Gasteiger partial charge in [-0.25, -0.2) is 0 Å². The number of benzene rings is 1. The van der Waals surface area contributed by atoms with Crippen molar-refractivity contribution in [2.45, 2.75) is 25.8 Å². The van der Waals surface area contributed by atoms with Gasteiger partial charge in [-0.15, -0.1) is 0 Å². The van der Waals surface area contributed by atoms with Crippen molar-refractivity contribution in [2.75, 3.05) is 6.54 Å². The molecule has 0 spiro atoms. The fourth-order valence-corrected chi connectivity index (χ4v) is 2.72. The second kappa shape index (κ2) is 7.70. The average molecular weight is 339 g/mol. The number of fused-ring (bicyclic) bond motifs is 1. The zero-order valence-electron chi connectivity index (χ0n) is 14.0. The highest BCUT2D eigenvalue weighted by molar-refractivity contribution is 5.97. The molecule has 0 saturated heterocycles. The minimum absolute atomic E-state index is 0.198. The van der Waals surface area contributed by atoms with Crippen molar-refractivity contribution in [3.63, 3.8) is 0 Å².